The lowest BCUT2D eigenvalue weighted by Gasteiger charge is -2.06. The van der Waals surface area contributed by atoms with Gasteiger partial charge >= 0.3 is 0 Å². The number of phenolic OH excluding ortho intramolecular Hbond substituents is 1. The zero-order valence-electron chi connectivity index (χ0n) is 13.6. The molecule has 1 aromatic carbocycles. The highest BCUT2D eigenvalue weighted by molar-refractivity contribution is 5.93. The Morgan fingerprint density at radius 3 is 2.76 bits per heavy atom. The summed E-state index contributed by atoms with van der Waals surface area (Å²) in [6.07, 6.45) is 4.27. The van der Waals surface area contributed by atoms with Crippen LogP contribution in [0.4, 0.5) is 5.69 Å². The van der Waals surface area contributed by atoms with Crippen LogP contribution >= 0.6 is 0 Å². The van der Waals surface area contributed by atoms with E-state index in [4.69, 9.17) is 0 Å². The number of nitrogens with one attached hydrogen (secondary N) is 3. The number of amides is 1. The number of aromatic nitrogens is 3. The lowest BCUT2D eigenvalue weighted by molar-refractivity contribution is 0.0948. The highest BCUT2D eigenvalue weighted by Crippen LogP contribution is 2.20. The van der Waals surface area contributed by atoms with Gasteiger partial charge in [0.15, 0.2) is 0 Å². The summed E-state index contributed by atoms with van der Waals surface area (Å²) in [5.74, 6) is -0.00366. The number of phenols is 1. The van der Waals surface area contributed by atoms with Crippen LogP contribution in [0.1, 0.15) is 16.9 Å². The molecule has 0 fully saturated rings. The highest BCUT2D eigenvalue weighted by atomic mass is 16.3. The Bertz CT molecular complexity index is 815. The molecule has 0 unspecified atom stereocenters. The van der Waals surface area contributed by atoms with Gasteiger partial charge in [-0.3, -0.25) is 14.9 Å². The number of pyridine rings is 1. The smallest absolute Gasteiger partial charge is 0.269 e. The number of H-pyrrole nitrogens is 1. The Kier molecular flexibility index (Phi) is 5.26. The summed E-state index contributed by atoms with van der Waals surface area (Å²) in [5, 5.41) is 22.3. The van der Waals surface area contributed by atoms with Crippen LogP contribution in [-0.2, 0) is 0 Å². The summed E-state index contributed by atoms with van der Waals surface area (Å²) < 4.78 is 0. The van der Waals surface area contributed by atoms with E-state index in [0.717, 1.165) is 24.2 Å². The van der Waals surface area contributed by atoms with Crippen LogP contribution in [0.5, 0.6) is 5.75 Å². The van der Waals surface area contributed by atoms with Crippen LogP contribution in [0, 0.1) is 0 Å². The van der Waals surface area contributed by atoms with Gasteiger partial charge in [-0.2, -0.15) is 5.10 Å². The highest BCUT2D eigenvalue weighted by Gasteiger charge is 2.10. The minimum absolute atomic E-state index is 0.192. The van der Waals surface area contributed by atoms with Crippen molar-refractivity contribution in [3.8, 4) is 17.0 Å². The molecule has 3 rings (SSSR count). The van der Waals surface area contributed by atoms with Gasteiger partial charge in [0.1, 0.15) is 11.4 Å². The zero-order chi connectivity index (χ0) is 17.5. The average molecular weight is 337 g/mol. The molecule has 3 aromatic rings. The summed E-state index contributed by atoms with van der Waals surface area (Å²) in [6, 6.07) is 12.2. The van der Waals surface area contributed by atoms with Crippen molar-refractivity contribution in [3.63, 3.8) is 0 Å². The minimum Gasteiger partial charge on any atom is -0.508 e. The van der Waals surface area contributed by atoms with Crippen molar-refractivity contribution in [3.05, 3.63) is 60.6 Å². The van der Waals surface area contributed by atoms with E-state index < -0.39 is 0 Å². The van der Waals surface area contributed by atoms with Crippen molar-refractivity contribution < 1.29 is 9.90 Å². The quantitative estimate of drug-likeness (QED) is 0.496. The third kappa shape index (κ3) is 4.57. The van der Waals surface area contributed by atoms with E-state index in [1.165, 1.54) is 0 Å². The second-order valence-corrected chi connectivity index (χ2v) is 5.49. The molecule has 128 valence electrons. The van der Waals surface area contributed by atoms with E-state index in [-0.39, 0.29) is 11.7 Å². The van der Waals surface area contributed by atoms with Crippen LogP contribution in [-0.4, -0.2) is 39.3 Å². The number of hydrogen-bond donors (Lipinski definition) is 4. The van der Waals surface area contributed by atoms with Crippen molar-refractivity contribution >= 4 is 11.6 Å². The van der Waals surface area contributed by atoms with Gasteiger partial charge in [-0.25, -0.2) is 0 Å². The van der Waals surface area contributed by atoms with Gasteiger partial charge in [0.05, 0.1) is 11.4 Å². The largest absolute Gasteiger partial charge is 0.508 e. The number of carbonyl (C=O) groups excluding carboxylic acids is 1. The Balaban J connectivity index is 1.45. The van der Waals surface area contributed by atoms with Crippen LogP contribution in [0.2, 0.25) is 0 Å². The predicted octanol–water partition coefficient (Wildman–Crippen LogP) is 2.41. The molecule has 2 aromatic heterocycles. The van der Waals surface area contributed by atoms with E-state index in [2.05, 4.69) is 25.8 Å². The van der Waals surface area contributed by atoms with E-state index in [9.17, 15) is 9.90 Å². The number of nitrogens with zero attached hydrogens (tertiary/aromatic N) is 2. The number of carbonyl (C=O) groups is 1. The SMILES string of the molecule is O=C(NCCCNc1cccnc1)c1cc(-c2ccc(O)cc2)n[nH]1. The van der Waals surface area contributed by atoms with Crippen molar-refractivity contribution in [1.29, 1.82) is 0 Å². The third-order valence-electron chi connectivity index (χ3n) is 3.62. The van der Waals surface area contributed by atoms with Crippen molar-refractivity contribution in [2.24, 2.45) is 0 Å². The first-order chi connectivity index (χ1) is 12.2. The van der Waals surface area contributed by atoms with Gasteiger partial charge in [0, 0.05) is 31.0 Å². The van der Waals surface area contributed by atoms with E-state index in [1.807, 2.05) is 12.1 Å². The summed E-state index contributed by atoms with van der Waals surface area (Å²) >= 11 is 0. The van der Waals surface area contributed by atoms with Gasteiger partial charge in [0.2, 0.25) is 0 Å². The van der Waals surface area contributed by atoms with Gasteiger partial charge < -0.3 is 15.7 Å². The standard InChI is InChI=1S/C18H19N5O2/c24-15-6-4-13(5-7-15)16-11-17(23-22-16)18(25)21-10-2-9-20-14-3-1-8-19-12-14/h1,3-8,11-12,20,24H,2,9-10H2,(H,21,25)(H,22,23). The van der Waals surface area contributed by atoms with Crippen molar-refractivity contribution in [2.45, 2.75) is 6.42 Å². The number of rotatable bonds is 7. The van der Waals surface area contributed by atoms with Crippen LogP contribution in [0.15, 0.2) is 54.9 Å². The normalized spacial score (nSPS) is 10.4. The first-order valence-electron chi connectivity index (χ1n) is 7.99. The van der Waals surface area contributed by atoms with Crippen LogP contribution in [0.3, 0.4) is 0 Å². The molecule has 0 saturated heterocycles. The summed E-state index contributed by atoms with van der Waals surface area (Å²) in [4.78, 5) is 16.2. The molecule has 2 heterocycles. The fourth-order valence-electron chi connectivity index (χ4n) is 2.30. The molecule has 0 spiro atoms. The number of anilines is 1. The number of aromatic amines is 1. The van der Waals surface area contributed by atoms with E-state index >= 15 is 0 Å². The third-order valence-corrected chi connectivity index (χ3v) is 3.62. The molecule has 0 aliphatic rings. The molecule has 25 heavy (non-hydrogen) atoms. The number of aromatic hydroxyl groups is 1. The summed E-state index contributed by atoms with van der Waals surface area (Å²) in [5.41, 5.74) is 2.85. The predicted molar refractivity (Wildman–Crippen MR) is 95.4 cm³/mol. The molecular formula is C18H19N5O2. The molecule has 0 aliphatic carbocycles. The Morgan fingerprint density at radius 2 is 2.00 bits per heavy atom. The molecule has 4 N–H and O–H groups in total. The van der Waals surface area contributed by atoms with Gasteiger partial charge in [-0.05, 0) is 48.9 Å². The second kappa shape index (κ2) is 7.96. The zero-order valence-corrected chi connectivity index (χ0v) is 13.6. The van der Waals surface area contributed by atoms with Gasteiger partial charge in [-0.15, -0.1) is 0 Å². The fraction of sp³-hybridized carbons (Fsp3) is 0.167. The van der Waals surface area contributed by atoms with Gasteiger partial charge in [0.25, 0.3) is 5.91 Å². The van der Waals surface area contributed by atoms with Crippen molar-refractivity contribution in [2.75, 3.05) is 18.4 Å². The monoisotopic (exact) mass is 337 g/mol. The topological polar surface area (TPSA) is 103 Å². The maximum Gasteiger partial charge on any atom is 0.269 e. The van der Waals surface area contributed by atoms with Crippen LogP contribution < -0.4 is 10.6 Å². The maximum absolute atomic E-state index is 12.1. The maximum atomic E-state index is 12.1. The number of benzene rings is 1. The molecular weight excluding hydrogens is 318 g/mol. The van der Waals surface area contributed by atoms with E-state index in [1.54, 1.807) is 42.7 Å². The fourth-order valence-corrected chi connectivity index (χ4v) is 2.30. The molecule has 7 heteroatoms. The lowest BCUT2D eigenvalue weighted by Crippen LogP contribution is -2.26. The van der Waals surface area contributed by atoms with Gasteiger partial charge in [-0.1, -0.05) is 0 Å². The molecule has 0 bridgehead atoms. The molecule has 0 aliphatic heterocycles. The van der Waals surface area contributed by atoms with Crippen molar-refractivity contribution in [1.82, 2.24) is 20.5 Å². The molecule has 1 amide bonds. The Morgan fingerprint density at radius 1 is 1.16 bits per heavy atom. The summed E-state index contributed by atoms with van der Waals surface area (Å²) in [7, 11) is 0. The summed E-state index contributed by atoms with van der Waals surface area (Å²) in [6.45, 7) is 1.30. The molecule has 0 radical (unpaired) electrons. The first kappa shape index (κ1) is 16.5. The van der Waals surface area contributed by atoms with E-state index in [0.29, 0.717) is 17.9 Å². The molecule has 0 saturated carbocycles. The average Bonchev–Trinajstić information content (AvgIpc) is 3.13. The number of hydrogen-bond acceptors (Lipinski definition) is 5. The lowest BCUT2D eigenvalue weighted by atomic mass is 10.1. The van der Waals surface area contributed by atoms with Crippen LogP contribution in [0.25, 0.3) is 11.3 Å². The first-order valence-corrected chi connectivity index (χ1v) is 7.99. The Labute approximate surface area is 145 Å². The Hall–Kier alpha value is -3.35. The minimum atomic E-state index is -0.195. The molecule has 0 atom stereocenters. The molecule has 7 nitrogen and oxygen atoms in total. The second-order valence-electron chi connectivity index (χ2n) is 5.49.